The zero-order chi connectivity index (χ0) is 18.6. The summed E-state index contributed by atoms with van der Waals surface area (Å²) in [6, 6.07) is 8.00. The van der Waals surface area contributed by atoms with Gasteiger partial charge in [-0.05, 0) is 24.6 Å². The molecule has 2 rings (SSSR count). The van der Waals surface area contributed by atoms with Crippen molar-refractivity contribution in [3.8, 4) is 0 Å². The van der Waals surface area contributed by atoms with Crippen LogP contribution in [0, 0.1) is 6.92 Å². The van der Waals surface area contributed by atoms with Crippen LogP contribution in [-0.4, -0.2) is 80.1 Å². The minimum Gasteiger partial charge on any atom is -0.480 e. The predicted octanol–water partition coefficient (Wildman–Crippen LogP) is -0.0102. The van der Waals surface area contributed by atoms with Crippen LogP contribution >= 0.6 is 0 Å². The third-order valence-corrected chi connectivity index (χ3v) is 5.87. The van der Waals surface area contributed by atoms with Crippen molar-refractivity contribution in [3.05, 3.63) is 29.8 Å². The van der Waals surface area contributed by atoms with Crippen LogP contribution in [0.25, 0.3) is 0 Å². The first kappa shape index (κ1) is 19.2. The van der Waals surface area contributed by atoms with E-state index < -0.39 is 34.2 Å². The maximum atomic E-state index is 12.4. The molecule has 0 spiro atoms. The Labute approximate surface area is 147 Å². The van der Waals surface area contributed by atoms with Crippen molar-refractivity contribution in [1.82, 2.24) is 9.21 Å². The quantitative estimate of drug-likeness (QED) is 0.757. The average Bonchev–Trinajstić information content (AvgIpc) is 2.54. The van der Waals surface area contributed by atoms with Gasteiger partial charge in [0.05, 0.1) is 0 Å². The van der Waals surface area contributed by atoms with Crippen LogP contribution in [-0.2, 0) is 19.6 Å². The number of anilines is 1. The lowest BCUT2D eigenvalue weighted by Gasteiger charge is -2.35. The van der Waals surface area contributed by atoms with Crippen molar-refractivity contribution in [2.24, 2.45) is 0 Å². The SMILES string of the molecule is Cc1cccc(N2CCN(S(=O)(=O)CC(=O)N(C)CC(=O)O)CC2)c1. The molecule has 0 radical (unpaired) electrons. The van der Waals surface area contributed by atoms with Crippen molar-refractivity contribution in [3.63, 3.8) is 0 Å². The fourth-order valence-corrected chi connectivity index (χ4v) is 4.13. The van der Waals surface area contributed by atoms with Gasteiger partial charge in [0.15, 0.2) is 0 Å². The van der Waals surface area contributed by atoms with Crippen LogP contribution in [0.5, 0.6) is 0 Å². The Hall–Kier alpha value is -2.13. The first-order chi connectivity index (χ1) is 11.7. The highest BCUT2D eigenvalue weighted by atomic mass is 32.2. The zero-order valence-electron chi connectivity index (χ0n) is 14.4. The van der Waals surface area contributed by atoms with E-state index in [4.69, 9.17) is 5.11 Å². The van der Waals surface area contributed by atoms with Crippen molar-refractivity contribution in [2.45, 2.75) is 6.92 Å². The highest BCUT2D eigenvalue weighted by Crippen LogP contribution is 2.19. The summed E-state index contributed by atoms with van der Waals surface area (Å²) in [5.41, 5.74) is 2.19. The number of likely N-dealkylation sites (N-methyl/N-ethyl adjacent to an activating group) is 1. The number of piperazine rings is 1. The number of aliphatic carboxylic acids is 1. The van der Waals surface area contributed by atoms with E-state index in [9.17, 15) is 18.0 Å². The summed E-state index contributed by atoms with van der Waals surface area (Å²) in [6.45, 7) is 3.17. The molecule has 0 bridgehead atoms. The van der Waals surface area contributed by atoms with E-state index in [1.807, 2.05) is 25.1 Å². The van der Waals surface area contributed by atoms with Crippen LogP contribution in [0.15, 0.2) is 24.3 Å². The number of hydrogen-bond donors (Lipinski definition) is 1. The lowest BCUT2D eigenvalue weighted by atomic mass is 10.2. The number of nitrogens with zero attached hydrogens (tertiary/aromatic N) is 3. The molecular formula is C16H23N3O5S. The van der Waals surface area contributed by atoms with Gasteiger partial charge in [0.1, 0.15) is 12.3 Å². The molecule has 1 amide bonds. The number of sulfonamides is 1. The fraction of sp³-hybridized carbons (Fsp3) is 0.500. The summed E-state index contributed by atoms with van der Waals surface area (Å²) in [6.07, 6.45) is 0. The second-order valence-corrected chi connectivity index (χ2v) is 8.09. The zero-order valence-corrected chi connectivity index (χ0v) is 15.2. The van der Waals surface area contributed by atoms with Crippen LogP contribution in [0.4, 0.5) is 5.69 Å². The van der Waals surface area contributed by atoms with Crippen molar-refractivity contribution in [1.29, 1.82) is 0 Å². The second kappa shape index (κ2) is 7.83. The molecule has 1 aliphatic heterocycles. The molecule has 1 aromatic carbocycles. The summed E-state index contributed by atoms with van der Waals surface area (Å²) < 4.78 is 26.1. The normalized spacial score (nSPS) is 15.8. The molecular weight excluding hydrogens is 346 g/mol. The van der Waals surface area contributed by atoms with Gasteiger partial charge in [0.25, 0.3) is 0 Å². The number of amides is 1. The average molecular weight is 369 g/mol. The minimum absolute atomic E-state index is 0.298. The molecule has 138 valence electrons. The van der Waals surface area contributed by atoms with E-state index in [0.717, 1.165) is 16.2 Å². The number of aryl methyl sites for hydroxylation is 1. The molecule has 0 atom stereocenters. The Morgan fingerprint density at radius 1 is 1.20 bits per heavy atom. The molecule has 1 saturated heterocycles. The Bertz CT molecular complexity index is 742. The molecule has 8 nitrogen and oxygen atoms in total. The van der Waals surface area contributed by atoms with Gasteiger partial charge in [0, 0.05) is 38.9 Å². The van der Waals surface area contributed by atoms with Gasteiger partial charge in [-0.2, -0.15) is 4.31 Å². The molecule has 25 heavy (non-hydrogen) atoms. The lowest BCUT2D eigenvalue weighted by molar-refractivity contribution is -0.142. The first-order valence-electron chi connectivity index (χ1n) is 7.94. The van der Waals surface area contributed by atoms with Gasteiger partial charge in [-0.15, -0.1) is 0 Å². The third-order valence-electron chi connectivity index (χ3n) is 4.10. The monoisotopic (exact) mass is 369 g/mol. The van der Waals surface area contributed by atoms with E-state index in [1.165, 1.54) is 11.4 Å². The van der Waals surface area contributed by atoms with Crippen LogP contribution in [0.1, 0.15) is 5.56 Å². The molecule has 1 heterocycles. The topological polar surface area (TPSA) is 98.2 Å². The maximum absolute atomic E-state index is 12.4. The number of carbonyl (C=O) groups excluding carboxylic acids is 1. The lowest BCUT2D eigenvalue weighted by Crippen LogP contribution is -2.51. The molecule has 1 N–H and O–H groups in total. The Morgan fingerprint density at radius 3 is 2.40 bits per heavy atom. The first-order valence-corrected chi connectivity index (χ1v) is 9.55. The van der Waals surface area contributed by atoms with Gasteiger partial charge in [0.2, 0.25) is 15.9 Å². The number of hydrogen-bond acceptors (Lipinski definition) is 5. The van der Waals surface area contributed by atoms with Gasteiger partial charge in [-0.25, -0.2) is 8.42 Å². The van der Waals surface area contributed by atoms with Crippen molar-refractivity contribution >= 4 is 27.6 Å². The number of carboxylic acid groups (broad SMARTS) is 1. The predicted molar refractivity (Wildman–Crippen MR) is 94.0 cm³/mol. The molecule has 1 aromatic rings. The van der Waals surface area contributed by atoms with Crippen LogP contribution in [0.3, 0.4) is 0 Å². The van der Waals surface area contributed by atoms with Crippen molar-refractivity contribution in [2.75, 3.05) is 50.4 Å². The maximum Gasteiger partial charge on any atom is 0.323 e. The molecule has 1 aliphatic rings. The molecule has 9 heteroatoms. The number of carboxylic acids is 1. The minimum atomic E-state index is -3.75. The second-order valence-electron chi connectivity index (χ2n) is 6.12. The van der Waals surface area contributed by atoms with E-state index >= 15 is 0 Å². The molecule has 0 aliphatic carbocycles. The van der Waals surface area contributed by atoms with Crippen LogP contribution < -0.4 is 4.90 Å². The molecule has 1 fully saturated rings. The Kier molecular flexibility index (Phi) is 6.02. The number of benzene rings is 1. The highest BCUT2D eigenvalue weighted by Gasteiger charge is 2.30. The molecule has 0 saturated carbocycles. The van der Waals surface area contributed by atoms with Crippen LogP contribution in [0.2, 0.25) is 0 Å². The largest absolute Gasteiger partial charge is 0.480 e. The van der Waals surface area contributed by atoms with Gasteiger partial charge in [-0.3, -0.25) is 9.59 Å². The molecule has 0 aromatic heterocycles. The van der Waals surface area contributed by atoms with E-state index in [1.54, 1.807) is 0 Å². The van der Waals surface area contributed by atoms with Gasteiger partial charge in [-0.1, -0.05) is 12.1 Å². The molecule has 0 unspecified atom stereocenters. The highest BCUT2D eigenvalue weighted by molar-refractivity contribution is 7.89. The summed E-state index contributed by atoms with van der Waals surface area (Å²) >= 11 is 0. The standard InChI is InChI=1S/C16H23N3O5S/c1-13-4-3-5-14(10-13)18-6-8-19(9-7-18)25(23,24)12-15(20)17(2)11-16(21)22/h3-5,10H,6-9,11-12H2,1-2H3,(H,21,22). The number of carbonyl (C=O) groups is 2. The Morgan fingerprint density at radius 2 is 1.84 bits per heavy atom. The number of rotatable bonds is 6. The summed E-state index contributed by atoms with van der Waals surface area (Å²) in [5, 5.41) is 8.68. The van der Waals surface area contributed by atoms with E-state index in [-0.39, 0.29) is 0 Å². The summed E-state index contributed by atoms with van der Waals surface area (Å²) in [4.78, 5) is 25.5. The van der Waals surface area contributed by atoms with Gasteiger partial charge < -0.3 is 14.9 Å². The summed E-state index contributed by atoms with van der Waals surface area (Å²) in [7, 11) is -2.48. The van der Waals surface area contributed by atoms with Crippen molar-refractivity contribution < 1.29 is 23.1 Å². The summed E-state index contributed by atoms with van der Waals surface area (Å²) in [5.74, 6) is -2.61. The van der Waals surface area contributed by atoms with Gasteiger partial charge >= 0.3 is 5.97 Å². The smallest absolute Gasteiger partial charge is 0.323 e. The van der Waals surface area contributed by atoms with E-state index in [0.29, 0.717) is 26.2 Å². The fourth-order valence-electron chi connectivity index (χ4n) is 2.70. The van der Waals surface area contributed by atoms with E-state index in [2.05, 4.69) is 11.0 Å². The third kappa shape index (κ3) is 5.17. The Balaban J connectivity index is 1.94.